The highest BCUT2D eigenvalue weighted by molar-refractivity contribution is 5.91. The van der Waals surface area contributed by atoms with Crippen LogP contribution in [0.25, 0.3) is 0 Å². The monoisotopic (exact) mass is 332 g/mol. The van der Waals surface area contributed by atoms with E-state index < -0.39 is 0 Å². The van der Waals surface area contributed by atoms with Crippen LogP contribution in [0.2, 0.25) is 0 Å². The molecule has 0 aliphatic rings. The number of amides is 2. The minimum atomic E-state index is -0.239. The zero-order chi connectivity index (χ0) is 18.4. The molecule has 6 nitrogen and oxygen atoms in total. The Bertz CT molecular complexity index is 844. The Morgan fingerprint density at radius 1 is 0.840 bits per heavy atom. The summed E-state index contributed by atoms with van der Waals surface area (Å²) in [5, 5.41) is 23.7. The van der Waals surface area contributed by atoms with Crippen LogP contribution in [0.4, 0.5) is 11.4 Å². The Labute approximate surface area is 145 Å². The number of hydrogen-bond donors (Lipinski definition) is 2. The molecule has 0 unspecified atom stereocenters. The van der Waals surface area contributed by atoms with Crippen LogP contribution in [-0.4, -0.2) is 11.8 Å². The molecular weight excluding hydrogens is 316 g/mol. The molecule has 0 saturated heterocycles. The van der Waals surface area contributed by atoms with Gasteiger partial charge in [-0.1, -0.05) is 12.1 Å². The molecule has 2 aromatic carbocycles. The van der Waals surface area contributed by atoms with Crippen LogP contribution in [0.15, 0.2) is 36.4 Å². The summed E-state index contributed by atoms with van der Waals surface area (Å²) < 4.78 is 0. The summed E-state index contributed by atoms with van der Waals surface area (Å²) >= 11 is 0. The molecule has 25 heavy (non-hydrogen) atoms. The van der Waals surface area contributed by atoms with Crippen molar-refractivity contribution < 1.29 is 9.59 Å². The van der Waals surface area contributed by atoms with E-state index in [2.05, 4.69) is 22.8 Å². The fraction of sp³-hybridized carbons (Fsp3) is 0.158. The highest BCUT2D eigenvalue weighted by Gasteiger charge is 2.08. The van der Waals surface area contributed by atoms with E-state index >= 15 is 0 Å². The number of nitrogens with one attached hydrogen (secondary N) is 2. The van der Waals surface area contributed by atoms with Crippen molar-refractivity contribution in [2.24, 2.45) is 0 Å². The number of benzene rings is 2. The van der Waals surface area contributed by atoms with Crippen LogP contribution >= 0.6 is 0 Å². The average molecular weight is 332 g/mol. The standard InChI is InChI=1S/C19H16N4O2/c1-12(24)22-18-5-3-14(8-16(18)10-20)7-15-4-6-19(23-13(2)25)17(9-15)11-21/h3-6,8-9H,7H2,1-2H3,(H,22,24)(H,23,25). The van der Waals surface area contributed by atoms with Gasteiger partial charge in [0.15, 0.2) is 0 Å². The molecule has 2 amide bonds. The van der Waals surface area contributed by atoms with Gasteiger partial charge in [0, 0.05) is 13.8 Å². The lowest BCUT2D eigenvalue weighted by Gasteiger charge is -2.09. The van der Waals surface area contributed by atoms with Crippen LogP contribution in [0.5, 0.6) is 0 Å². The molecule has 2 rings (SSSR count). The molecule has 0 aliphatic carbocycles. The highest BCUT2D eigenvalue weighted by atomic mass is 16.2. The molecule has 6 heteroatoms. The Morgan fingerprint density at radius 2 is 1.24 bits per heavy atom. The SMILES string of the molecule is CC(=O)Nc1ccc(Cc2ccc(NC(C)=O)c(C#N)c2)cc1C#N. The van der Waals surface area contributed by atoms with E-state index in [1.165, 1.54) is 13.8 Å². The van der Waals surface area contributed by atoms with Gasteiger partial charge in [-0.3, -0.25) is 9.59 Å². The molecule has 0 atom stereocenters. The van der Waals surface area contributed by atoms with Crippen molar-refractivity contribution in [3.8, 4) is 12.1 Å². The van der Waals surface area contributed by atoms with E-state index in [0.717, 1.165) is 11.1 Å². The van der Waals surface area contributed by atoms with Crippen molar-refractivity contribution in [2.45, 2.75) is 20.3 Å². The summed E-state index contributed by atoms with van der Waals surface area (Å²) in [5.41, 5.74) is 3.45. The predicted molar refractivity (Wildman–Crippen MR) is 93.7 cm³/mol. The number of nitriles is 2. The van der Waals surface area contributed by atoms with Crippen molar-refractivity contribution in [3.05, 3.63) is 58.7 Å². The topological polar surface area (TPSA) is 106 Å². The van der Waals surface area contributed by atoms with Crippen LogP contribution in [-0.2, 0) is 16.0 Å². The van der Waals surface area contributed by atoms with Crippen LogP contribution in [0.3, 0.4) is 0 Å². The van der Waals surface area contributed by atoms with E-state index in [-0.39, 0.29) is 11.8 Å². The van der Waals surface area contributed by atoms with Gasteiger partial charge in [0.25, 0.3) is 0 Å². The summed E-state index contributed by atoms with van der Waals surface area (Å²) in [6.07, 6.45) is 0.518. The first-order valence-corrected chi connectivity index (χ1v) is 7.54. The minimum Gasteiger partial charge on any atom is -0.325 e. The third kappa shape index (κ3) is 4.66. The second-order valence-electron chi connectivity index (χ2n) is 5.52. The summed E-state index contributed by atoms with van der Waals surface area (Å²) in [7, 11) is 0. The lowest BCUT2D eigenvalue weighted by Crippen LogP contribution is -2.08. The summed E-state index contributed by atoms with van der Waals surface area (Å²) in [4.78, 5) is 22.3. The van der Waals surface area contributed by atoms with Crippen molar-refractivity contribution in [1.29, 1.82) is 10.5 Å². The highest BCUT2D eigenvalue weighted by Crippen LogP contribution is 2.22. The van der Waals surface area contributed by atoms with Gasteiger partial charge < -0.3 is 10.6 Å². The van der Waals surface area contributed by atoms with Gasteiger partial charge in [-0.05, 0) is 41.8 Å². The van der Waals surface area contributed by atoms with Crippen molar-refractivity contribution in [2.75, 3.05) is 10.6 Å². The zero-order valence-corrected chi connectivity index (χ0v) is 13.9. The first kappa shape index (κ1) is 17.7. The fourth-order valence-electron chi connectivity index (χ4n) is 2.42. The van der Waals surface area contributed by atoms with Gasteiger partial charge in [0.1, 0.15) is 12.1 Å². The van der Waals surface area contributed by atoms with E-state index in [4.69, 9.17) is 0 Å². The Hall–Kier alpha value is -3.64. The van der Waals surface area contributed by atoms with E-state index in [1.807, 2.05) is 12.1 Å². The molecule has 0 aromatic heterocycles. The molecular formula is C19H16N4O2. The third-order valence-corrected chi connectivity index (χ3v) is 3.44. The van der Waals surface area contributed by atoms with Crippen LogP contribution in [0, 0.1) is 22.7 Å². The van der Waals surface area contributed by atoms with Gasteiger partial charge >= 0.3 is 0 Å². The van der Waals surface area contributed by atoms with Gasteiger partial charge in [-0.25, -0.2) is 0 Å². The molecule has 0 heterocycles. The fourth-order valence-corrected chi connectivity index (χ4v) is 2.42. The first-order chi connectivity index (χ1) is 11.9. The molecule has 0 radical (unpaired) electrons. The second kappa shape index (κ2) is 7.76. The lowest BCUT2D eigenvalue weighted by molar-refractivity contribution is -0.115. The van der Waals surface area contributed by atoms with Crippen LogP contribution in [0.1, 0.15) is 36.1 Å². The van der Waals surface area contributed by atoms with E-state index in [1.54, 1.807) is 24.3 Å². The molecule has 0 spiro atoms. The van der Waals surface area contributed by atoms with Gasteiger partial charge in [0.2, 0.25) is 11.8 Å². The van der Waals surface area contributed by atoms with E-state index in [9.17, 15) is 20.1 Å². The normalized spacial score (nSPS) is 9.60. The Morgan fingerprint density at radius 3 is 1.56 bits per heavy atom. The number of carbonyl (C=O) groups excluding carboxylic acids is 2. The summed E-state index contributed by atoms with van der Waals surface area (Å²) in [5.74, 6) is -0.479. The average Bonchev–Trinajstić information content (AvgIpc) is 2.56. The largest absolute Gasteiger partial charge is 0.325 e. The first-order valence-electron chi connectivity index (χ1n) is 7.54. The smallest absolute Gasteiger partial charge is 0.221 e. The predicted octanol–water partition coefficient (Wildman–Crippen LogP) is 2.94. The maximum atomic E-state index is 11.2. The minimum absolute atomic E-state index is 0.239. The van der Waals surface area contributed by atoms with Crippen molar-refractivity contribution >= 4 is 23.2 Å². The zero-order valence-electron chi connectivity index (χ0n) is 13.9. The van der Waals surface area contributed by atoms with Gasteiger partial charge in [-0.15, -0.1) is 0 Å². The number of nitrogens with zero attached hydrogens (tertiary/aromatic N) is 2. The Balaban J connectivity index is 2.28. The number of carbonyl (C=O) groups is 2. The molecule has 0 saturated carbocycles. The molecule has 2 aromatic rings. The van der Waals surface area contributed by atoms with Gasteiger partial charge in [0.05, 0.1) is 22.5 Å². The van der Waals surface area contributed by atoms with Crippen molar-refractivity contribution in [3.63, 3.8) is 0 Å². The third-order valence-electron chi connectivity index (χ3n) is 3.44. The number of hydrogen-bond acceptors (Lipinski definition) is 4. The maximum absolute atomic E-state index is 11.2. The lowest BCUT2D eigenvalue weighted by atomic mass is 10.00. The molecule has 0 fully saturated rings. The molecule has 0 aliphatic heterocycles. The van der Waals surface area contributed by atoms with E-state index in [0.29, 0.717) is 28.9 Å². The van der Waals surface area contributed by atoms with Gasteiger partial charge in [-0.2, -0.15) is 10.5 Å². The van der Waals surface area contributed by atoms with Crippen LogP contribution < -0.4 is 10.6 Å². The molecule has 124 valence electrons. The number of anilines is 2. The maximum Gasteiger partial charge on any atom is 0.221 e. The molecule has 2 N–H and O–H groups in total. The quantitative estimate of drug-likeness (QED) is 0.897. The second-order valence-corrected chi connectivity index (χ2v) is 5.52. The summed E-state index contributed by atoms with van der Waals surface area (Å²) in [6.45, 7) is 2.77. The van der Waals surface area contributed by atoms with Crippen molar-refractivity contribution in [1.82, 2.24) is 0 Å². The summed E-state index contributed by atoms with van der Waals surface area (Å²) in [6, 6.07) is 14.6. The number of rotatable bonds is 4. The molecule has 0 bridgehead atoms. The Kier molecular flexibility index (Phi) is 5.50.